The normalized spacial score (nSPS) is 12.0. The van der Waals surface area contributed by atoms with Gasteiger partial charge in [-0.15, -0.1) is 0 Å². The quantitative estimate of drug-likeness (QED) is 0.815. The molecule has 0 aliphatic rings. The molecule has 0 aromatic heterocycles. The molecule has 0 saturated heterocycles. The minimum absolute atomic E-state index is 0.150. The number of amides is 1. The maximum absolute atomic E-state index is 11.4. The zero-order valence-electron chi connectivity index (χ0n) is 12.3. The van der Waals surface area contributed by atoms with E-state index >= 15 is 0 Å². The van der Waals surface area contributed by atoms with Crippen molar-refractivity contribution in [2.24, 2.45) is 0 Å². The van der Waals surface area contributed by atoms with Crippen LogP contribution < -0.4 is 10.1 Å². The van der Waals surface area contributed by atoms with Gasteiger partial charge in [-0.05, 0) is 25.0 Å². The van der Waals surface area contributed by atoms with Crippen LogP contribution in [0.1, 0.15) is 18.9 Å². The Bertz CT molecular complexity index is 405. The summed E-state index contributed by atoms with van der Waals surface area (Å²) in [6.07, 6.45) is 1.42. The summed E-state index contributed by atoms with van der Waals surface area (Å²) in [5.74, 6) is 1.07. The van der Waals surface area contributed by atoms with E-state index in [0.717, 1.165) is 12.2 Å². The van der Waals surface area contributed by atoms with Gasteiger partial charge in [0.1, 0.15) is 5.75 Å². The van der Waals surface area contributed by atoms with Crippen LogP contribution in [-0.4, -0.2) is 44.6 Å². The summed E-state index contributed by atoms with van der Waals surface area (Å²) in [6.45, 7) is 2.82. The van der Waals surface area contributed by atoms with Crippen molar-refractivity contribution in [1.29, 1.82) is 0 Å². The van der Waals surface area contributed by atoms with E-state index in [-0.39, 0.29) is 5.91 Å². The van der Waals surface area contributed by atoms with Crippen LogP contribution >= 0.6 is 0 Å². The van der Waals surface area contributed by atoms with Crippen molar-refractivity contribution in [2.75, 3.05) is 27.7 Å². The highest BCUT2D eigenvalue weighted by Crippen LogP contribution is 2.18. The number of methoxy groups -OCH3 is 1. The first-order valence-corrected chi connectivity index (χ1v) is 6.60. The van der Waals surface area contributed by atoms with E-state index in [4.69, 9.17) is 4.74 Å². The Kier molecular flexibility index (Phi) is 6.36. The predicted molar refractivity (Wildman–Crippen MR) is 77.5 cm³/mol. The number of nitrogens with zero attached hydrogens (tertiary/aromatic N) is 1. The number of hydrogen-bond acceptors (Lipinski definition) is 3. The van der Waals surface area contributed by atoms with Gasteiger partial charge in [-0.25, -0.2) is 0 Å². The van der Waals surface area contributed by atoms with E-state index in [0.29, 0.717) is 19.0 Å². The second kappa shape index (κ2) is 7.79. The van der Waals surface area contributed by atoms with E-state index in [1.54, 1.807) is 26.1 Å². The molecule has 0 bridgehead atoms. The van der Waals surface area contributed by atoms with Gasteiger partial charge in [-0.2, -0.15) is 0 Å². The van der Waals surface area contributed by atoms with Crippen molar-refractivity contribution < 1.29 is 9.53 Å². The molecular formula is C15H24N2O2. The Morgan fingerprint density at radius 1 is 1.37 bits per heavy atom. The fraction of sp³-hybridized carbons (Fsp3) is 0.533. The number of carbonyl (C=O) groups excluding carboxylic acids is 1. The first-order valence-electron chi connectivity index (χ1n) is 6.60. The van der Waals surface area contributed by atoms with E-state index in [1.807, 2.05) is 18.2 Å². The lowest BCUT2D eigenvalue weighted by atomic mass is 10.1. The Hall–Kier alpha value is -1.55. The second-order valence-corrected chi connectivity index (χ2v) is 4.91. The average Bonchev–Trinajstić information content (AvgIpc) is 2.39. The first kappa shape index (κ1) is 15.5. The number of benzene rings is 1. The molecule has 0 spiro atoms. The van der Waals surface area contributed by atoms with Crippen molar-refractivity contribution in [2.45, 2.75) is 25.8 Å². The van der Waals surface area contributed by atoms with Crippen molar-refractivity contribution >= 4 is 5.91 Å². The molecular weight excluding hydrogens is 240 g/mol. The SMILES string of the molecule is COc1ccccc1CC(C)NCCC(=O)N(C)C. The lowest BCUT2D eigenvalue weighted by Gasteiger charge is -2.16. The van der Waals surface area contributed by atoms with Crippen LogP contribution in [0.3, 0.4) is 0 Å². The molecule has 106 valence electrons. The van der Waals surface area contributed by atoms with Gasteiger partial charge in [-0.1, -0.05) is 18.2 Å². The van der Waals surface area contributed by atoms with E-state index in [9.17, 15) is 4.79 Å². The van der Waals surface area contributed by atoms with Crippen molar-refractivity contribution in [3.63, 3.8) is 0 Å². The van der Waals surface area contributed by atoms with Crippen LogP contribution in [-0.2, 0) is 11.2 Å². The van der Waals surface area contributed by atoms with Crippen molar-refractivity contribution in [3.05, 3.63) is 29.8 Å². The monoisotopic (exact) mass is 264 g/mol. The molecule has 1 atom stereocenters. The number of nitrogens with one attached hydrogen (secondary N) is 1. The zero-order valence-corrected chi connectivity index (χ0v) is 12.3. The molecule has 19 heavy (non-hydrogen) atoms. The Morgan fingerprint density at radius 3 is 2.68 bits per heavy atom. The topological polar surface area (TPSA) is 41.6 Å². The highest BCUT2D eigenvalue weighted by Gasteiger charge is 2.09. The molecule has 4 heteroatoms. The lowest BCUT2D eigenvalue weighted by Crippen LogP contribution is -2.32. The van der Waals surface area contributed by atoms with Gasteiger partial charge >= 0.3 is 0 Å². The molecule has 4 nitrogen and oxygen atoms in total. The van der Waals surface area contributed by atoms with Gasteiger partial charge in [-0.3, -0.25) is 4.79 Å². The van der Waals surface area contributed by atoms with Crippen molar-refractivity contribution in [1.82, 2.24) is 10.2 Å². The third-order valence-corrected chi connectivity index (χ3v) is 3.05. The van der Waals surface area contributed by atoms with Gasteiger partial charge in [0.15, 0.2) is 0 Å². The van der Waals surface area contributed by atoms with Gasteiger partial charge in [0.2, 0.25) is 5.91 Å². The Morgan fingerprint density at radius 2 is 2.05 bits per heavy atom. The summed E-state index contributed by atoms with van der Waals surface area (Å²) in [7, 11) is 5.24. The maximum Gasteiger partial charge on any atom is 0.223 e. The van der Waals surface area contributed by atoms with Crippen LogP contribution in [0.25, 0.3) is 0 Å². The van der Waals surface area contributed by atoms with Crippen LogP contribution in [0.15, 0.2) is 24.3 Å². The molecule has 1 unspecified atom stereocenters. The predicted octanol–water partition coefficient (Wildman–Crippen LogP) is 1.69. The number of para-hydroxylation sites is 1. The minimum atomic E-state index is 0.150. The van der Waals surface area contributed by atoms with E-state index in [1.165, 1.54) is 5.56 Å². The highest BCUT2D eigenvalue weighted by molar-refractivity contribution is 5.75. The fourth-order valence-electron chi connectivity index (χ4n) is 1.92. The first-order chi connectivity index (χ1) is 9.04. The smallest absolute Gasteiger partial charge is 0.223 e. The number of carbonyl (C=O) groups is 1. The molecule has 1 N–H and O–H groups in total. The summed E-state index contributed by atoms with van der Waals surface area (Å²) in [5, 5.41) is 3.37. The largest absolute Gasteiger partial charge is 0.496 e. The van der Waals surface area contributed by atoms with Gasteiger partial charge in [0.05, 0.1) is 7.11 Å². The fourth-order valence-corrected chi connectivity index (χ4v) is 1.92. The molecule has 0 aliphatic heterocycles. The summed E-state index contributed by atoms with van der Waals surface area (Å²) in [5.41, 5.74) is 1.18. The summed E-state index contributed by atoms with van der Waals surface area (Å²) in [6, 6.07) is 8.34. The van der Waals surface area contributed by atoms with Crippen LogP contribution in [0.5, 0.6) is 5.75 Å². The van der Waals surface area contributed by atoms with Crippen LogP contribution in [0.2, 0.25) is 0 Å². The molecule has 1 aromatic rings. The summed E-state index contributed by atoms with van der Waals surface area (Å²) >= 11 is 0. The number of hydrogen-bond donors (Lipinski definition) is 1. The third-order valence-electron chi connectivity index (χ3n) is 3.05. The molecule has 0 fully saturated rings. The lowest BCUT2D eigenvalue weighted by molar-refractivity contribution is -0.128. The molecule has 0 aliphatic carbocycles. The third kappa shape index (κ3) is 5.30. The number of rotatable bonds is 7. The van der Waals surface area contributed by atoms with Gasteiger partial charge in [0, 0.05) is 33.1 Å². The summed E-state index contributed by atoms with van der Waals surface area (Å²) in [4.78, 5) is 13.1. The molecule has 0 saturated carbocycles. The average molecular weight is 264 g/mol. The number of ether oxygens (including phenoxy) is 1. The van der Waals surface area contributed by atoms with Gasteiger partial charge in [0.25, 0.3) is 0 Å². The molecule has 1 amide bonds. The molecule has 1 rings (SSSR count). The van der Waals surface area contributed by atoms with E-state index < -0.39 is 0 Å². The Labute approximate surface area is 115 Å². The molecule has 0 radical (unpaired) electrons. The minimum Gasteiger partial charge on any atom is -0.496 e. The van der Waals surface area contributed by atoms with E-state index in [2.05, 4.69) is 18.3 Å². The van der Waals surface area contributed by atoms with Crippen LogP contribution in [0.4, 0.5) is 0 Å². The summed E-state index contributed by atoms with van der Waals surface area (Å²) < 4.78 is 5.33. The second-order valence-electron chi connectivity index (χ2n) is 4.91. The van der Waals surface area contributed by atoms with Crippen LogP contribution in [0, 0.1) is 0 Å². The van der Waals surface area contributed by atoms with Gasteiger partial charge < -0.3 is 15.0 Å². The zero-order chi connectivity index (χ0) is 14.3. The Balaban J connectivity index is 2.39. The molecule has 1 aromatic carbocycles. The maximum atomic E-state index is 11.4. The van der Waals surface area contributed by atoms with Crippen molar-refractivity contribution in [3.8, 4) is 5.75 Å². The molecule has 0 heterocycles. The highest BCUT2D eigenvalue weighted by atomic mass is 16.5. The standard InChI is InChI=1S/C15H24N2O2/c1-12(16-10-9-15(18)17(2)3)11-13-7-5-6-8-14(13)19-4/h5-8,12,16H,9-11H2,1-4H3.